The molecule has 2 fully saturated rings. The van der Waals surface area contributed by atoms with Crippen LogP contribution in [0.2, 0.25) is 0 Å². The zero-order chi connectivity index (χ0) is 27.7. The first-order valence-corrected chi connectivity index (χ1v) is 14.4. The number of aliphatic carboxylic acids is 1. The molecule has 1 N–H and O–H groups in total. The molecule has 0 radical (unpaired) electrons. The van der Waals surface area contributed by atoms with Gasteiger partial charge in [0.2, 0.25) is 0 Å². The summed E-state index contributed by atoms with van der Waals surface area (Å²) in [5, 5.41) is 10.1. The summed E-state index contributed by atoms with van der Waals surface area (Å²) in [5.41, 5.74) is 4.44. The van der Waals surface area contributed by atoms with Crippen LogP contribution in [0.4, 0.5) is 4.79 Å². The third-order valence-electron chi connectivity index (χ3n) is 7.78. The number of hydrogen-bond donors (Lipinski definition) is 1. The van der Waals surface area contributed by atoms with Crippen LogP contribution >= 0.6 is 0 Å². The lowest BCUT2D eigenvalue weighted by atomic mass is 9.98. The van der Waals surface area contributed by atoms with Crippen molar-refractivity contribution >= 4 is 12.1 Å². The Labute approximate surface area is 235 Å². The van der Waals surface area contributed by atoms with E-state index < -0.39 is 24.3 Å². The van der Waals surface area contributed by atoms with Gasteiger partial charge in [0.15, 0.2) is 12.3 Å². The van der Waals surface area contributed by atoms with Crippen LogP contribution in [0.3, 0.4) is 0 Å². The summed E-state index contributed by atoms with van der Waals surface area (Å²) < 4.78 is 28.7. The Bertz CT molecular complexity index is 1080. The molecular weight excluding hydrogens is 514 g/mol. The molecule has 2 heterocycles. The van der Waals surface area contributed by atoms with Crippen molar-refractivity contribution < 1.29 is 38.4 Å². The average molecular weight is 554 g/mol. The minimum atomic E-state index is -1.23. The number of carboxylic acid groups (broad SMARTS) is 1. The number of rotatable bonds is 12. The van der Waals surface area contributed by atoms with Gasteiger partial charge in [0, 0.05) is 25.7 Å². The van der Waals surface area contributed by atoms with E-state index in [1.165, 1.54) is 4.90 Å². The number of benzene rings is 2. The van der Waals surface area contributed by atoms with Crippen LogP contribution in [0.1, 0.15) is 62.0 Å². The largest absolute Gasteiger partial charge is 0.480 e. The van der Waals surface area contributed by atoms with Crippen LogP contribution in [0.5, 0.6) is 0 Å². The lowest BCUT2D eigenvalue weighted by molar-refractivity contribution is -0.165. The molecule has 40 heavy (non-hydrogen) atoms. The molecule has 0 aromatic heterocycles. The third-order valence-corrected chi connectivity index (χ3v) is 7.78. The number of carbonyl (C=O) groups excluding carboxylic acids is 1. The van der Waals surface area contributed by atoms with Gasteiger partial charge in [-0.3, -0.25) is 4.90 Å². The van der Waals surface area contributed by atoms with Gasteiger partial charge in [0.05, 0.1) is 13.2 Å². The standard InChI is InChI=1S/C31H39NO8/c33-30(34)27(21-36-16-9-19-39-29-15-6-8-18-38-29)32(28-14-5-7-17-37-28)31(35)40-20-26-24-12-3-1-10-22(24)23-11-2-4-13-25(23)26/h1-4,10-13,26-29H,5-9,14-21H2,(H,33,34). The summed E-state index contributed by atoms with van der Waals surface area (Å²) in [6, 6.07) is 15.0. The van der Waals surface area contributed by atoms with E-state index in [-0.39, 0.29) is 25.4 Å². The van der Waals surface area contributed by atoms with Crippen LogP contribution in [0.15, 0.2) is 48.5 Å². The summed E-state index contributed by atoms with van der Waals surface area (Å²) in [5.74, 6) is -1.28. The van der Waals surface area contributed by atoms with Crippen molar-refractivity contribution in [1.82, 2.24) is 4.90 Å². The molecule has 0 bridgehead atoms. The van der Waals surface area contributed by atoms with Crippen LogP contribution in [0.25, 0.3) is 11.1 Å². The minimum absolute atomic E-state index is 0.101. The number of hydrogen-bond acceptors (Lipinski definition) is 7. The average Bonchev–Trinajstić information content (AvgIpc) is 3.31. The van der Waals surface area contributed by atoms with E-state index in [4.69, 9.17) is 23.7 Å². The van der Waals surface area contributed by atoms with Crippen molar-refractivity contribution in [2.75, 3.05) is 39.6 Å². The lowest BCUT2D eigenvalue weighted by Crippen LogP contribution is -2.54. The van der Waals surface area contributed by atoms with Gasteiger partial charge in [-0.1, -0.05) is 48.5 Å². The lowest BCUT2D eigenvalue weighted by Gasteiger charge is -2.37. The molecule has 0 saturated carbocycles. The van der Waals surface area contributed by atoms with E-state index in [1.54, 1.807) is 0 Å². The Balaban J connectivity index is 1.21. The quantitative estimate of drug-likeness (QED) is 0.359. The Hall–Kier alpha value is -2.98. The molecule has 216 valence electrons. The van der Waals surface area contributed by atoms with Gasteiger partial charge in [0.25, 0.3) is 0 Å². The molecule has 1 aliphatic carbocycles. The van der Waals surface area contributed by atoms with Crippen LogP contribution in [-0.4, -0.2) is 80.3 Å². The molecule has 0 spiro atoms. The first-order valence-electron chi connectivity index (χ1n) is 14.4. The molecule has 3 unspecified atom stereocenters. The SMILES string of the molecule is O=C(O)C(COCCCOC1CCCCO1)N(C(=O)OCC1c2ccccc2-c2ccccc21)C1CCCCO1. The van der Waals surface area contributed by atoms with Gasteiger partial charge < -0.3 is 28.8 Å². The predicted octanol–water partition coefficient (Wildman–Crippen LogP) is 5.17. The van der Waals surface area contributed by atoms with Gasteiger partial charge in [-0.2, -0.15) is 0 Å². The van der Waals surface area contributed by atoms with E-state index in [2.05, 4.69) is 12.1 Å². The summed E-state index contributed by atoms with van der Waals surface area (Å²) >= 11 is 0. The number of nitrogens with zero attached hydrogens (tertiary/aromatic N) is 1. The topological polar surface area (TPSA) is 104 Å². The highest BCUT2D eigenvalue weighted by atomic mass is 16.7. The molecular formula is C31H39NO8. The molecule has 2 aromatic carbocycles. The fourth-order valence-corrected chi connectivity index (χ4v) is 5.74. The number of carboxylic acids is 1. The second kappa shape index (κ2) is 14.1. The van der Waals surface area contributed by atoms with E-state index in [0.717, 1.165) is 61.0 Å². The normalized spacial score (nSPS) is 21.3. The smallest absolute Gasteiger partial charge is 0.412 e. The van der Waals surface area contributed by atoms with Crippen molar-refractivity contribution in [1.29, 1.82) is 0 Å². The van der Waals surface area contributed by atoms with E-state index in [9.17, 15) is 14.7 Å². The molecule has 2 aliphatic heterocycles. The van der Waals surface area contributed by atoms with Gasteiger partial charge in [-0.15, -0.1) is 0 Å². The van der Waals surface area contributed by atoms with Crippen molar-refractivity contribution in [2.45, 2.75) is 69.4 Å². The van der Waals surface area contributed by atoms with Gasteiger partial charge in [0.1, 0.15) is 12.8 Å². The number of fused-ring (bicyclic) bond motifs is 3. The predicted molar refractivity (Wildman–Crippen MR) is 147 cm³/mol. The maximum absolute atomic E-state index is 13.6. The first-order chi connectivity index (χ1) is 19.6. The Morgan fingerprint density at radius 2 is 1.57 bits per heavy atom. The zero-order valence-electron chi connectivity index (χ0n) is 22.9. The fourth-order valence-electron chi connectivity index (χ4n) is 5.74. The highest BCUT2D eigenvalue weighted by molar-refractivity contribution is 5.81. The molecule has 9 heteroatoms. The monoisotopic (exact) mass is 553 g/mol. The minimum Gasteiger partial charge on any atom is -0.480 e. The van der Waals surface area contributed by atoms with Gasteiger partial charge >= 0.3 is 12.1 Å². The Morgan fingerprint density at radius 3 is 2.20 bits per heavy atom. The second-order valence-electron chi connectivity index (χ2n) is 10.5. The number of ether oxygens (including phenoxy) is 5. The van der Waals surface area contributed by atoms with Crippen molar-refractivity contribution in [3.63, 3.8) is 0 Å². The summed E-state index contributed by atoms with van der Waals surface area (Å²) in [4.78, 5) is 27.1. The van der Waals surface area contributed by atoms with E-state index >= 15 is 0 Å². The van der Waals surface area contributed by atoms with Crippen molar-refractivity contribution in [3.05, 3.63) is 59.7 Å². The maximum atomic E-state index is 13.6. The second-order valence-corrected chi connectivity index (χ2v) is 10.5. The van der Waals surface area contributed by atoms with Crippen LogP contribution in [-0.2, 0) is 28.5 Å². The molecule has 3 aliphatic rings. The number of carbonyl (C=O) groups is 2. The molecule has 2 saturated heterocycles. The fraction of sp³-hybridized carbons (Fsp3) is 0.548. The van der Waals surface area contributed by atoms with Crippen LogP contribution in [0, 0.1) is 0 Å². The molecule has 5 rings (SSSR count). The number of amides is 1. The van der Waals surface area contributed by atoms with Crippen LogP contribution < -0.4 is 0 Å². The zero-order valence-corrected chi connectivity index (χ0v) is 22.9. The molecule has 2 aromatic rings. The van der Waals surface area contributed by atoms with Gasteiger partial charge in [-0.05, 0) is 67.2 Å². The Morgan fingerprint density at radius 1 is 0.900 bits per heavy atom. The maximum Gasteiger partial charge on any atom is 0.412 e. The summed E-state index contributed by atoms with van der Waals surface area (Å²) in [7, 11) is 0. The highest BCUT2D eigenvalue weighted by Crippen LogP contribution is 2.44. The Kier molecular flexibility index (Phi) is 10.0. The molecule has 9 nitrogen and oxygen atoms in total. The summed E-state index contributed by atoms with van der Waals surface area (Å²) in [6.45, 7) is 1.88. The molecule has 3 atom stereocenters. The molecule has 1 amide bonds. The third kappa shape index (κ3) is 6.83. The van der Waals surface area contributed by atoms with Crippen molar-refractivity contribution in [3.8, 4) is 11.1 Å². The van der Waals surface area contributed by atoms with E-state index in [0.29, 0.717) is 32.7 Å². The first kappa shape index (κ1) is 28.5. The van der Waals surface area contributed by atoms with Crippen molar-refractivity contribution in [2.24, 2.45) is 0 Å². The summed E-state index contributed by atoms with van der Waals surface area (Å²) in [6.07, 6.45) is 4.33. The van der Waals surface area contributed by atoms with Gasteiger partial charge in [-0.25, -0.2) is 9.59 Å². The highest BCUT2D eigenvalue weighted by Gasteiger charge is 2.39. The van der Waals surface area contributed by atoms with E-state index in [1.807, 2.05) is 36.4 Å².